The monoisotopic (exact) mass is 292 g/mol. The molecule has 2 heterocycles. The molecule has 1 fully saturated rings. The predicted octanol–water partition coefficient (Wildman–Crippen LogP) is 0.376. The minimum absolute atomic E-state index is 0.0574. The number of rotatable bonds is 4. The van der Waals surface area contributed by atoms with E-state index in [0.29, 0.717) is 23.9 Å². The molecule has 2 aromatic rings. The Labute approximate surface area is 121 Å². The number of aromatic amines is 1. The molecule has 3 rings (SSSR count). The lowest BCUT2D eigenvalue weighted by Crippen LogP contribution is -2.20. The normalized spacial score (nSPS) is 25.8. The van der Waals surface area contributed by atoms with E-state index < -0.39 is 6.10 Å². The predicted molar refractivity (Wildman–Crippen MR) is 77.0 cm³/mol. The quantitative estimate of drug-likeness (QED) is 0.755. The van der Waals surface area contributed by atoms with Gasteiger partial charge in [-0.25, -0.2) is 4.68 Å². The molecule has 1 aliphatic rings. The molecule has 3 atom stereocenters. The second-order valence-electron chi connectivity index (χ2n) is 5.80. The van der Waals surface area contributed by atoms with Crippen molar-refractivity contribution < 1.29 is 10.2 Å². The summed E-state index contributed by atoms with van der Waals surface area (Å²) in [6.45, 7) is 2.10. The number of nitrogens with zero attached hydrogens (tertiary/aromatic N) is 3. The summed E-state index contributed by atoms with van der Waals surface area (Å²) in [6, 6.07) is 1.66. The average molecular weight is 292 g/mol. The number of pyridine rings is 1. The zero-order chi connectivity index (χ0) is 15.0. The third-order valence-corrected chi connectivity index (χ3v) is 4.22. The summed E-state index contributed by atoms with van der Waals surface area (Å²) in [4.78, 5) is 14.8. The van der Waals surface area contributed by atoms with Gasteiger partial charge in [0, 0.05) is 12.3 Å². The van der Waals surface area contributed by atoms with Gasteiger partial charge in [-0.05, 0) is 31.2 Å². The van der Waals surface area contributed by atoms with Crippen LogP contribution in [0.3, 0.4) is 0 Å². The van der Waals surface area contributed by atoms with Gasteiger partial charge in [0.05, 0.1) is 17.7 Å². The number of aliphatic hydroxyl groups excluding tert-OH is 2. The molecule has 0 radical (unpaired) electrons. The van der Waals surface area contributed by atoms with Crippen LogP contribution in [0.4, 0.5) is 0 Å². The molecule has 0 amide bonds. The molecule has 1 saturated carbocycles. The minimum atomic E-state index is -0.569. The second-order valence-corrected chi connectivity index (χ2v) is 5.80. The zero-order valence-electron chi connectivity index (χ0n) is 12.0. The van der Waals surface area contributed by atoms with E-state index in [1.54, 1.807) is 4.68 Å². The van der Waals surface area contributed by atoms with Crippen LogP contribution in [0.1, 0.15) is 37.9 Å². The van der Waals surface area contributed by atoms with Crippen LogP contribution in [-0.4, -0.2) is 42.9 Å². The van der Waals surface area contributed by atoms with E-state index in [4.69, 9.17) is 0 Å². The lowest BCUT2D eigenvalue weighted by Gasteiger charge is -2.15. The van der Waals surface area contributed by atoms with Gasteiger partial charge in [-0.2, -0.15) is 0 Å². The topological polar surface area (TPSA) is 104 Å². The van der Waals surface area contributed by atoms with Crippen molar-refractivity contribution in [2.45, 2.75) is 44.8 Å². The number of hydrogen-bond donors (Lipinski definition) is 3. The van der Waals surface area contributed by atoms with Gasteiger partial charge in [0.15, 0.2) is 5.52 Å². The van der Waals surface area contributed by atoms with Gasteiger partial charge in [-0.1, -0.05) is 18.6 Å². The van der Waals surface area contributed by atoms with Crippen LogP contribution in [0.2, 0.25) is 0 Å². The fourth-order valence-electron chi connectivity index (χ4n) is 3.16. The molecule has 0 unspecified atom stereocenters. The first kappa shape index (κ1) is 14.2. The van der Waals surface area contributed by atoms with Crippen LogP contribution in [0.25, 0.3) is 11.0 Å². The molecule has 0 aliphatic heterocycles. The third kappa shape index (κ3) is 2.47. The van der Waals surface area contributed by atoms with Crippen molar-refractivity contribution >= 4 is 11.0 Å². The van der Waals surface area contributed by atoms with Crippen molar-refractivity contribution in [2.75, 3.05) is 6.61 Å². The summed E-state index contributed by atoms with van der Waals surface area (Å²) in [7, 11) is 0. The molecular weight excluding hydrogens is 272 g/mol. The summed E-state index contributed by atoms with van der Waals surface area (Å²) < 4.78 is 1.64. The van der Waals surface area contributed by atoms with Crippen LogP contribution in [0.15, 0.2) is 10.9 Å². The Kier molecular flexibility index (Phi) is 3.77. The lowest BCUT2D eigenvalue weighted by molar-refractivity contribution is 0.127. The second kappa shape index (κ2) is 5.57. The molecule has 3 N–H and O–H groups in total. The highest BCUT2D eigenvalue weighted by molar-refractivity contribution is 5.73. The summed E-state index contributed by atoms with van der Waals surface area (Å²) in [5.41, 5.74) is 1.57. The Morgan fingerprint density at radius 3 is 2.95 bits per heavy atom. The SMILES string of the molecule is CCCc1cc2c(nnn2[C@@H]2C[C@H](CO)C[C@H]2O)c(=O)[nH]1. The minimum Gasteiger partial charge on any atom is -0.396 e. The number of aryl methyl sites for hydroxylation is 1. The van der Waals surface area contributed by atoms with E-state index in [0.717, 1.165) is 18.5 Å². The molecular formula is C14H20N4O3. The van der Waals surface area contributed by atoms with Crippen LogP contribution in [0, 0.1) is 5.92 Å². The van der Waals surface area contributed by atoms with Crippen molar-refractivity contribution in [3.05, 3.63) is 22.1 Å². The largest absolute Gasteiger partial charge is 0.396 e. The average Bonchev–Trinajstić information content (AvgIpc) is 3.02. The van der Waals surface area contributed by atoms with Crippen LogP contribution >= 0.6 is 0 Å². The molecule has 21 heavy (non-hydrogen) atoms. The Morgan fingerprint density at radius 2 is 2.29 bits per heavy atom. The summed E-state index contributed by atoms with van der Waals surface area (Å²) in [5, 5.41) is 27.4. The molecule has 0 aromatic carbocycles. The van der Waals surface area contributed by atoms with Gasteiger partial charge >= 0.3 is 0 Å². The van der Waals surface area contributed by atoms with Gasteiger partial charge < -0.3 is 15.2 Å². The Bertz CT molecular complexity index is 693. The van der Waals surface area contributed by atoms with Crippen molar-refractivity contribution in [2.24, 2.45) is 5.92 Å². The standard InChI is InChI=1S/C14H20N4O3/c1-2-3-9-6-11-13(14(21)15-9)16-17-18(11)10-4-8(7-19)5-12(10)20/h6,8,10,12,19-20H,2-5,7H2,1H3,(H,15,21)/t8-,10+,12+/m0/s1. The van der Waals surface area contributed by atoms with E-state index in [1.807, 2.05) is 13.0 Å². The molecule has 114 valence electrons. The van der Waals surface area contributed by atoms with Gasteiger partial charge in [0.2, 0.25) is 0 Å². The number of fused-ring (bicyclic) bond motifs is 1. The first-order valence-electron chi connectivity index (χ1n) is 7.40. The number of aromatic nitrogens is 4. The number of aliphatic hydroxyl groups is 2. The lowest BCUT2D eigenvalue weighted by atomic mass is 10.1. The van der Waals surface area contributed by atoms with E-state index in [1.165, 1.54) is 0 Å². The van der Waals surface area contributed by atoms with Crippen molar-refractivity contribution in [3.8, 4) is 0 Å². The van der Waals surface area contributed by atoms with Gasteiger partial charge in [0.25, 0.3) is 5.56 Å². The first-order valence-corrected chi connectivity index (χ1v) is 7.40. The fourth-order valence-corrected chi connectivity index (χ4v) is 3.16. The van der Waals surface area contributed by atoms with E-state index in [2.05, 4.69) is 15.3 Å². The maximum absolute atomic E-state index is 12.0. The summed E-state index contributed by atoms with van der Waals surface area (Å²) in [5.74, 6) is 0.0707. The highest BCUT2D eigenvalue weighted by atomic mass is 16.3. The molecule has 2 aromatic heterocycles. The highest BCUT2D eigenvalue weighted by Gasteiger charge is 2.35. The van der Waals surface area contributed by atoms with Crippen molar-refractivity contribution in [3.63, 3.8) is 0 Å². The maximum Gasteiger partial charge on any atom is 0.278 e. The first-order chi connectivity index (χ1) is 10.1. The number of nitrogens with one attached hydrogen (secondary N) is 1. The Morgan fingerprint density at radius 1 is 1.48 bits per heavy atom. The van der Waals surface area contributed by atoms with Crippen LogP contribution < -0.4 is 5.56 Å². The summed E-state index contributed by atoms with van der Waals surface area (Å²) >= 11 is 0. The number of hydrogen-bond acceptors (Lipinski definition) is 5. The molecule has 7 heteroatoms. The van der Waals surface area contributed by atoms with Crippen molar-refractivity contribution in [1.82, 2.24) is 20.0 Å². The van der Waals surface area contributed by atoms with Gasteiger partial charge in [-0.15, -0.1) is 5.10 Å². The summed E-state index contributed by atoms with van der Waals surface area (Å²) in [6.07, 6.45) is 2.34. The third-order valence-electron chi connectivity index (χ3n) is 4.22. The number of H-pyrrole nitrogens is 1. The Hall–Kier alpha value is -1.73. The van der Waals surface area contributed by atoms with Gasteiger partial charge in [0.1, 0.15) is 0 Å². The van der Waals surface area contributed by atoms with Gasteiger partial charge in [-0.3, -0.25) is 4.79 Å². The molecule has 0 saturated heterocycles. The van der Waals surface area contributed by atoms with Crippen molar-refractivity contribution in [1.29, 1.82) is 0 Å². The maximum atomic E-state index is 12.0. The zero-order valence-corrected chi connectivity index (χ0v) is 12.0. The molecule has 1 aliphatic carbocycles. The van der Waals surface area contributed by atoms with Crippen LogP contribution in [-0.2, 0) is 6.42 Å². The molecule has 0 bridgehead atoms. The fraction of sp³-hybridized carbons (Fsp3) is 0.643. The van der Waals surface area contributed by atoms with E-state index in [9.17, 15) is 15.0 Å². The highest BCUT2D eigenvalue weighted by Crippen LogP contribution is 2.35. The Balaban J connectivity index is 2.05. The van der Waals surface area contributed by atoms with E-state index in [-0.39, 0.29) is 24.1 Å². The smallest absolute Gasteiger partial charge is 0.278 e. The molecule has 7 nitrogen and oxygen atoms in total. The van der Waals surface area contributed by atoms with Crippen LogP contribution in [0.5, 0.6) is 0 Å². The van der Waals surface area contributed by atoms with E-state index >= 15 is 0 Å². The molecule has 0 spiro atoms.